The van der Waals surface area contributed by atoms with Gasteiger partial charge in [0.15, 0.2) is 5.84 Å². The highest BCUT2D eigenvalue weighted by Gasteiger charge is 2.31. The molecule has 0 amide bonds. The maximum absolute atomic E-state index is 8.80. The molecule has 116 valence electrons. The SMILES string of the molecule is CCC1(CC)CCN(c2ccc(/C(N)=N/O)c(C)c2)CC1. The van der Waals surface area contributed by atoms with Gasteiger partial charge in [-0.15, -0.1) is 0 Å². The average molecular weight is 289 g/mol. The smallest absolute Gasteiger partial charge is 0.170 e. The van der Waals surface area contributed by atoms with Gasteiger partial charge in [-0.25, -0.2) is 0 Å². The summed E-state index contributed by atoms with van der Waals surface area (Å²) in [7, 11) is 0. The van der Waals surface area contributed by atoms with E-state index in [-0.39, 0.29) is 5.84 Å². The van der Waals surface area contributed by atoms with Crippen molar-refractivity contribution in [2.45, 2.75) is 46.5 Å². The standard InChI is InChI=1S/C17H27N3O/c1-4-17(5-2)8-10-20(11-9-17)14-6-7-15(13(3)12-14)16(18)19-21/h6-7,12,21H,4-5,8-11H2,1-3H3,(H2,18,19). The third-order valence-corrected chi connectivity index (χ3v) is 5.28. The van der Waals surface area contributed by atoms with E-state index in [4.69, 9.17) is 10.9 Å². The summed E-state index contributed by atoms with van der Waals surface area (Å²) >= 11 is 0. The average Bonchev–Trinajstić information content (AvgIpc) is 2.54. The molecule has 0 radical (unpaired) electrons. The molecule has 0 bridgehead atoms. The van der Waals surface area contributed by atoms with Crippen LogP contribution in [0.25, 0.3) is 0 Å². The molecule has 0 atom stereocenters. The van der Waals surface area contributed by atoms with E-state index in [9.17, 15) is 0 Å². The Bertz CT molecular complexity index is 511. The van der Waals surface area contributed by atoms with Crippen molar-refractivity contribution in [3.05, 3.63) is 29.3 Å². The minimum atomic E-state index is 0.175. The minimum Gasteiger partial charge on any atom is -0.409 e. The molecule has 3 N–H and O–H groups in total. The largest absolute Gasteiger partial charge is 0.409 e. The Morgan fingerprint density at radius 3 is 2.38 bits per heavy atom. The molecule has 1 aliphatic rings. The molecule has 4 heteroatoms. The molecular formula is C17H27N3O. The van der Waals surface area contributed by atoms with E-state index in [0.29, 0.717) is 5.41 Å². The lowest BCUT2D eigenvalue weighted by Crippen LogP contribution is -2.39. The molecule has 0 unspecified atom stereocenters. The van der Waals surface area contributed by atoms with Crippen molar-refractivity contribution >= 4 is 11.5 Å². The summed E-state index contributed by atoms with van der Waals surface area (Å²) in [5.74, 6) is 0.175. The summed E-state index contributed by atoms with van der Waals surface area (Å²) < 4.78 is 0. The fraction of sp³-hybridized carbons (Fsp3) is 0.588. The van der Waals surface area contributed by atoms with Crippen molar-refractivity contribution in [2.75, 3.05) is 18.0 Å². The summed E-state index contributed by atoms with van der Waals surface area (Å²) in [5, 5.41) is 11.9. The van der Waals surface area contributed by atoms with Crippen LogP contribution in [0.15, 0.2) is 23.4 Å². The molecule has 1 aliphatic heterocycles. The van der Waals surface area contributed by atoms with Gasteiger partial charge in [-0.1, -0.05) is 31.8 Å². The Labute approximate surface area is 127 Å². The van der Waals surface area contributed by atoms with Crippen LogP contribution in [0.4, 0.5) is 5.69 Å². The number of hydrogen-bond donors (Lipinski definition) is 2. The van der Waals surface area contributed by atoms with E-state index in [1.165, 1.54) is 31.4 Å². The molecule has 0 aliphatic carbocycles. The number of hydrogen-bond acceptors (Lipinski definition) is 3. The molecule has 1 saturated heterocycles. The van der Waals surface area contributed by atoms with Gasteiger partial charge >= 0.3 is 0 Å². The van der Waals surface area contributed by atoms with E-state index >= 15 is 0 Å². The number of nitrogens with zero attached hydrogens (tertiary/aromatic N) is 2. The maximum atomic E-state index is 8.80. The number of oxime groups is 1. The normalized spacial score (nSPS) is 18.8. The molecule has 1 heterocycles. The molecule has 0 aromatic heterocycles. The zero-order valence-corrected chi connectivity index (χ0v) is 13.4. The third kappa shape index (κ3) is 3.14. The summed E-state index contributed by atoms with van der Waals surface area (Å²) in [6, 6.07) is 6.16. The zero-order chi connectivity index (χ0) is 15.5. The second-order valence-electron chi connectivity index (χ2n) is 6.18. The lowest BCUT2D eigenvalue weighted by atomic mass is 9.74. The van der Waals surface area contributed by atoms with E-state index in [2.05, 4.69) is 36.0 Å². The Balaban J connectivity index is 2.13. The van der Waals surface area contributed by atoms with Crippen LogP contribution in [0.2, 0.25) is 0 Å². The molecule has 2 rings (SSSR count). The quantitative estimate of drug-likeness (QED) is 0.386. The van der Waals surface area contributed by atoms with Crippen molar-refractivity contribution in [1.29, 1.82) is 0 Å². The van der Waals surface area contributed by atoms with Crippen LogP contribution < -0.4 is 10.6 Å². The van der Waals surface area contributed by atoms with Crippen LogP contribution in [-0.4, -0.2) is 24.1 Å². The summed E-state index contributed by atoms with van der Waals surface area (Å²) in [4.78, 5) is 2.45. The van der Waals surface area contributed by atoms with Gasteiger partial charge in [0.05, 0.1) is 0 Å². The number of benzene rings is 1. The second-order valence-corrected chi connectivity index (χ2v) is 6.18. The summed E-state index contributed by atoms with van der Waals surface area (Å²) in [6.07, 6.45) is 5.08. The van der Waals surface area contributed by atoms with E-state index in [1.807, 2.05) is 13.0 Å². The third-order valence-electron chi connectivity index (χ3n) is 5.28. The lowest BCUT2D eigenvalue weighted by Gasteiger charge is -2.42. The number of anilines is 1. The van der Waals surface area contributed by atoms with Gasteiger partial charge in [-0.3, -0.25) is 0 Å². The topological polar surface area (TPSA) is 61.8 Å². The molecule has 21 heavy (non-hydrogen) atoms. The van der Waals surface area contributed by atoms with Gasteiger partial charge in [0.2, 0.25) is 0 Å². The second kappa shape index (κ2) is 6.37. The van der Waals surface area contributed by atoms with Crippen LogP contribution >= 0.6 is 0 Å². The van der Waals surface area contributed by atoms with Crippen LogP contribution in [0, 0.1) is 12.3 Å². The first kappa shape index (κ1) is 15.7. The predicted molar refractivity (Wildman–Crippen MR) is 88.2 cm³/mol. The molecule has 1 aromatic rings. The number of nitrogens with two attached hydrogens (primary N) is 1. The molecule has 1 aromatic carbocycles. The maximum Gasteiger partial charge on any atom is 0.170 e. The van der Waals surface area contributed by atoms with Gasteiger partial charge in [0.1, 0.15) is 0 Å². The van der Waals surface area contributed by atoms with Gasteiger partial charge in [-0.2, -0.15) is 0 Å². The van der Waals surface area contributed by atoms with Crippen LogP contribution in [0.1, 0.15) is 50.7 Å². The van der Waals surface area contributed by atoms with Crippen molar-refractivity contribution in [3.63, 3.8) is 0 Å². The van der Waals surface area contributed by atoms with Gasteiger partial charge in [0.25, 0.3) is 0 Å². The van der Waals surface area contributed by atoms with E-state index in [1.54, 1.807) is 0 Å². The first-order chi connectivity index (χ1) is 10.0. The number of amidine groups is 1. The molecular weight excluding hydrogens is 262 g/mol. The predicted octanol–water partition coefficient (Wildman–Crippen LogP) is 3.50. The number of aryl methyl sites for hydroxylation is 1. The molecule has 0 saturated carbocycles. The molecule has 1 fully saturated rings. The van der Waals surface area contributed by atoms with Gasteiger partial charge < -0.3 is 15.8 Å². The molecule has 0 spiro atoms. The van der Waals surface area contributed by atoms with Crippen LogP contribution in [-0.2, 0) is 0 Å². The van der Waals surface area contributed by atoms with Crippen molar-refractivity contribution in [2.24, 2.45) is 16.3 Å². The number of piperidine rings is 1. The van der Waals surface area contributed by atoms with Crippen LogP contribution in [0.3, 0.4) is 0 Å². The van der Waals surface area contributed by atoms with Crippen molar-refractivity contribution in [3.8, 4) is 0 Å². The lowest BCUT2D eigenvalue weighted by molar-refractivity contribution is 0.199. The van der Waals surface area contributed by atoms with E-state index < -0.39 is 0 Å². The van der Waals surface area contributed by atoms with Gasteiger partial charge in [0, 0.05) is 24.3 Å². The van der Waals surface area contributed by atoms with E-state index in [0.717, 1.165) is 24.2 Å². The Hall–Kier alpha value is -1.71. The zero-order valence-electron chi connectivity index (χ0n) is 13.4. The Morgan fingerprint density at radius 2 is 1.90 bits per heavy atom. The highest BCUT2D eigenvalue weighted by atomic mass is 16.4. The minimum absolute atomic E-state index is 0.175. The Kier molecular flexibility index (Phi) is 4.76. The fourth-order valence-corrected chi connectivity index (χ4v) is 3.38. The van der Waals surface area contributed by atoms with Gasteiger partial charge in [-0.05, 0) is 48.9 Å². The Morgan fingerprint density at radius 1 is 1.29 bits per heavy atom. The number of rotatable bonds is 4. The first-order valence-electron chi connectivity index (χ1n) is 7.88. The fourth-order valence-electron chi connectivity index (χ4n) is 3.38. The summed E-state index contributed by atoms with van der Waals surface area (Å²) in [6.45, 7) is 8.86. The monoisotopic (exact) mass is 289 g/mol. The van der Waals surface area contributed by atoms with Crippen molar-refractivity contribution < 1.29 is 5.21 Å². The highest BCUT2D eigenvalue weighted by molar-refractivity contribution is 5.98. The highest BCUT2D eigenvalue weighted by Crippen LogP contribution is 2.39. The molecule has 4 nitrogen and oxygen atoms in total. The van der Waals surface area contributed by atoms with Crippen LogP contribution in [0.5, 0.6) is 0 Å². The van der Waals surface area contributed by atoms with Crippen molar-refractivity contribution in [1.82, 2.24) is 0 Å². The first-order valence-corrected chi connectivity index (χ1v) is 7.88. The summed E-state index contributed by atoms with van der Waals surface area (Å²) in [5.41, 5.74) is 9.31.